The van der Waals surface area contributed by atoms with E-state index in [1.54, 1.807) is 7.11 Å². The van der Waals surface area contributed by atoms with Gasteiger partial charge in [0.1, 0.15) is 11.6 Å². The number of aromatic nitrogens is 2. The third-order valence-electron chi connectivity index (χ3n) is 5.84. The van der Waals surface area contributed by atoms with E-state index in [-0.39, 0.29) is 0 Å². The molecule has 0 bridgehead atoms. The summed E-state index contributed by atoms with van der Waals surface area (Å²) in [5.74, 6) is 2.73. The maximum atomic E-state index is 5.52. The van der Waals surface area contributed by atoms with Gasteiger partial charge in [0.2, 0.25) is 5.95 Å². The van der Waals surface area contributed by atoms with Crippen molar-refractivity contribution >= 4 is 17.5 Å². The highest BCUT2D eigenvalue weighted by Crippen LogP contribution is 2.29. The van der Waals surface area contributed by atoms with Crippen LogP contribution < -0.4 is 19.9 Å². The summed E-state index contributed by atoms with van der Waals surface area (Å²) in [6, 6.07) is 10.8. The van der Waals surface area contributed by atoms with E-state index < -0.39 is 0 Å². The number of nitrogens with zero attached hydrogens (tertiary/aromatic N) is 4. The molecular formula is C22H31N5O. The largest absolute Gasteiger partial charge is 0.495 e. The van der Waals surface area contributed by atoms with Crippen LogP contribution in [0.1, 0.15) is 38.5 Å². The van der Waals surface area contributed by atoms with Gasteiger partial charge in [0.05, 0.1) is 12.8 Å². The molecule has 0 atom stereocenters. The van der Waals surface area contributed by atoms with Gasteiger partial charge in [0.15, 0.2) is 0 Å². The molecule has 6 heteroatoms. The fraction of sp³-hybridized carbons (Fsp3) is 0.545. The van der Waals surface area contributed by atoms with Crippen molar-refractivity contribution in [1.29, 1.82) is 0 Å². The van der Waals surface area contributed by atoms with Gasteiger partial charge in [-0.05, 0) is 31.0 Å². The van der Waals surface area contributed by atoms with Crippen LogP contribution in [-0.2, 0) is 0 Å². The molecule has 1 saturated carbocycles. The van der Waals surface area contributed by atoms with Crippen molar-refractivity contribution in [2.45, 2.75) is 44.6 Å². The molecule has 0 unspecified atom stereocenters. The van der Waals surface area contributed by atoms with Gasteiger partial charge >= 0.3 is 0 Å². The van der Waals surface area contributed by atoms with E-state index >= 15 is 0 Å². The maximum Gasteiger partial charge on any atom is 0.227 e. The predicted octanol–water partition coefficient (Wildman–Crippen LogP) is 3.95. The van der Waals surface area contributed by atoms with Crippen LogP contribution in [0.5, 0.6) is 5.75 Å². The van der Waals surface area contributed by atoms with Gasteiger partial charge in [-0.2, -0.15) is 4.98 Å². The lowest BCUT2D eigenvalue weighted by atomic mass is 10.1. The van der Waals surface area contributed by atoms with Gasteiger partial charge in [-0.1, -0.05) is 37.8 Å². The summed E-state index contributed by atoms with van der Waals surface area (Å²) in [5, 5.41) is 3.65. The van der Waals surface area contributed by atoms with Crippen LogP contribution in [0.4, 0.5) is 17.5 Å². The van der Waals surface area contributed by atoms with Gasteiger partial charge in [0, 0.05) is 38.4 Å². The first-order valence-corrected chi connectivity index (χ1v) is 10.6. The molecule has 0 amide bonds. The minimum absolute atomic E-state index is 0.549. The van der Waals surface area contributed by atoms with E-state index in [0.29, 0.717) is 6.04 Å². The molecular weight excluding hydrogens is 350 g/mol. The van der Waals surface area contributed by atoms with E-state index in [0.717, 1.165) is 49.4 Å². The van der Waals surface area contributed by atoms with Crippen LogP contribution in [0.25, 0.3) is 0 Å². The maximum absolute atomic E-state index is 5.52. The molecule has 1 aromatic heterocycles. The molecule has 0 spiro atoms. The first-order valence-electron chi connectivity index (χ1n) is 10.6. The Balaban J connectivity index is 1.38. The average Bonchev–Trinajstić information content (AvgIpc) is 3.03. The van der Waals surface area contributed by atoms with E-state index in [2.05, 4.69) is 32.2 Å². The van der Waals surface area contributed by atoms with Crippen LogP contribution in [0.15, 0.2) is 36.5 Å². The third-order valence-corrected chi connectivity index (χ3v) is 5.84. The average molecular weight is 382 g/mol. The summed E-state index contributed by atoms with van der Waals surface area (Å²) in [4.78, 5) is 14.0. The molecule has 1 saturated heterocycles. The summed E-state index contributed by atoms with van der Waals surface area (Å²) < 4.78 is 5.52. The van der Waals surface area contributed by atoms with E-state index in [1.807, 2.05) is 24.4 Å². The lowest BCUT2D eigenvalue weighted by molar-refractivity contribution is 0.413. The lowest BCUT2D eigenvalue weighted by Gasteiger charge is -2.36. The smallest absolute Gasteiger partial charge is 0.227 e. The molecule has 4 rings (SSSR count). The van der Waals surface area contributed by atoms with Crippen molar-refractivity contribution < 1.29 is 4.74 Å². The van der Waals surface area contributed by atoms with Crippen molar-refractivity contribution in [3.05, 3.63) is 36.5 Å². The highest BCUT2D eigenvalue weighted by atomic mass is 16.5. The van der Waals surface area contributed by atoms with Crippen LogP contribution in [0, 0.1) is 0 Å². The van der Waals surface area contributed by atoms with Crippen LogP contribution in [0.2, 0.25) is 0 Å². The van der Waals surface area contributed by atoms with Gasteiger partial charge in [-0.3, -0.25) is 0 Å². The molecule has 150 valence electrons. The molecule has 1 N–H and O–H groups in total. The summed E-state index contributed by atoms with van der Waals surface area (Å²) in [6.07, 6.45) is 9.75. The minimum Gasteiger partial charge on any atom is -0.495 e. The fourth-order valence-corrected chi connectivity index (χ4v) is 4.25. The Hall–Kier alpha value is -2.50. The highest BCUT2D eigenvalue weighted by molar-refractivity contribution is 5.59. The number of benzene rings is 1. The molecule has 2 heterocycles. The number of hydrogen-bond donors (Lipinski definition) is 1. The van der Waals surface area contributed by atoms with E-state index in [4.69, 9.17) is 9.72 Å². The molecule has 6 nitrogen and oxygen atoms in total. The Morgan fingerprint density at radius 2 is 1.64 bits per heavy atom. The van der Waals surface area contributed by atoms with E-state index in [9.17, 15) is 0 Å². The number of para-hydroxylation sites is 2. The van der Waals surface area contributed by atoms with Gasteiger partial charge in [-0.25, -0.2) is 4.98 Å². The molecule has 0 radical (unpaired) electrons. The van der Waals surface area contributed by atoms with Gasteiger partial charge in [0.25, 0.3) is 0 Å². The highest BCUT2D eigenvalue weighted by Gasteiger charge is 2.21. The van der Waals surface area contributed by atoms with E-state index in [1.165, 1.54) is 38.5 Å². The number of nitrogens with one attached hydrogen (secondary N) is 1. The molecule has 1 aliphatic carbocycles. The standard InChI is InChI=1S/C22H31N5O/c1-28-20-11-7-6-10-19(20)26-14-16-27(17-15-26)22-23-13-12-21(25-22)24-18-8-4-2-3-5-9-18/h6-7,10-13,18H,2-5,8-9,14-17H2,1H3,(H,23,24,25). The summed E-state index contributed by atoms with van der Waals surface area (Å²) >= 11 is 0. The Morgan fingerprint density at radius 1 is 0.929 bits per heavy atom. The summed E-state index contributed by atoms with van der Waals surface area (Å²) in [7, 11) is 1.73. The molecule has 2 aromatic rings. The van der Waals surface area contributed by atoms with Crippen molar-refractivity contribution in [1.82, 2.24) is 9.97 Å². The molecule has 1 aromatic carbocycles. The summed E-state index contributed by atoms with van der Waals surface area (Å²) in [6.45, 7) is 3.68. The number of methoxy groups -OCH3 is 1. The number of piperazine rings is 1. The second-order valence-electron chi connectivity index (χ2n) is 7.72. The van der Waals surface area contributed by atoms with Crippen molar-refractivity contribution in [3.8, 4) is 5.75 Å². The second-order valence-corrected chi connectivity index (χ2v) is 7.72. The quantitative estimate of drug-likeness (QED) is 0.792. The molecule has 1 aliphatic heterocycles. The molecule has 2 aliphatic rings. The minimum atomic E-state index is 0.549. The normalized spacial score (nSPS) is 18.6. The number of anilines is 3. The SMILES string of the molecule is COc1ccccc1N1CCN(c2nccc(NC3CCCCCC3)n2)CC1. The molecule has 2 fully saturated rings. The number of ether oxygens (including phenoxy) is 1. The first-order chi connectivity index (χ1) is 13.8. The number of rotatable bonds is 5. The zero-order chi connectivity index (χ0) is 19.2. The Bertz CT molecular complexity index is 752. The zero-order valence-electron chi connectivity index (χ0n) is 16.8. The lowest BCUT2D eigenvalue weighted by Crippen LogP contribution is -2.47. The van der Waals surface area contributed by atoms with Crippen LogP contribution >= 0.6 is 0 Å². The van der Waals surface area contributed by atoms with Gasteiger partial charge in [-0.15, -0.1) is 0 Å². The van der Waals surface area contributed by atoms with Crippen molar-refractivity contribution in [2.75, 3.05) is 48.4 Å². The van der Waals surface area contributed by atoms with Crippen molar-refractivity contribution in [3.63, 3.8) is 0 Å². The number of hydrogen-bond acceptors (Lipinski definition) is 6. The fourth-order valence-electron chi connectivity index (χ4n) is 4.25. The first kappa shape index (κ1) is 18.8. The molecule has 28 heavy (non-hydrogen) atoms. The Labute approximate surface area is 167 Å². The Morgan fingerprint density at radius 3 is 2.39 bits per heavy atom. The van der Waals surface area contributed by atoms with Gasteiger partial charge < -0.3 is 19.9 Å². The van der Waals surface area contributed by atoms with Crippen LogP contribution in [-0.4, -0.2) is 49.3 Å². The Kier molecular flexibility index (Phi) is 6.14. The monoisotopic (exact) mass is 381 g/mol. The summed E-state index contributed by atoms with van der Waals surface area (Å²) in [5.41, 5.74) is 1.16. The second kappa shape index (κ2) is 9.13. The van der Waals surface area contributed by atoms with Crippen molar-refractivity contribution in [2.24, 2.45) is 0 Å². The topological polar surface area (TPSA) is 53.5 Å². The predicted molar refractivity (Wildman–Crippen MR) is 115 cm³/mol. The zero-order valence-corrected chi connectivity index (χ0v) is 16.8. The van der Waals surface area contributed by atoms with Crippen LogP contribution in [0.3, 0.4) is 0 Å². The third kappa shape index (κ3) is 4.49.